The van der Waals surface area contributed by atoms with Gasteiger partial charge in [-0.2, -0.15) is 0 Å². The van der Waals surface area contributed by atoms with Gasteiger partial charge in [0.15, 0.2) is 0 Å². The van der Waals surface area contributed by atoms with Crippen LogP contribution in [0.3, 0.4) is 0 Å². The summed E-state index contributed by atoms with van der Waals surface area (Å²) in [4.78, 5) is 0. The fourth-order valence-corrected chi connectivity index (χ4v) is 1.30. The maximum absolute atomic E-state index is 5.56. The van der Waals surface area contributed by atoms with E-state index in [-0.39, 0.29) is 11.7 Å². The Morgan fingerprint density at radius 2 is 2.36 bits per heavy atom. The van der Waals surface area contributed by atoms with Crippen molar-refractivity contribution in [2.24, 2.45) is 0 Å². The fraction of sp³-hybridized carbons (Fsp3) is 0.600. The Bertz CT molecular complexity index is 218. The molecular formula is C10H12O. The summed E-state index contributed by atoms with van der Waals surface area (Å²) in [5.74, 6) is 5.22. The van der Waals surface area contributed by atoms with Crippen molar-refractivity contribution in [1.82, 2.24) is 0 Å². The van der Waals surface area contributed by atoms with Gasteiger partial charge in [-0.15, -0.1) is 18.8 Å². The zero-order valence-corrected chi connectivity index (χ0v) is 6.76. The summed E-state index contributed by atoms with van der Waals surface area (Å²) in [6.45, 7) is 1.93. The predicted octanol–water partition coefficient (Wildman–Crippen LogP) is 1.58. The van der Waals surface area contributed by atoms with Gasteiger partial charge < -0.3 is 4.74 Å². The lowest BCUT2D eigenvalue weighted by molar-refractivity contribution is 0.0143. The predicted molar refractivity (Wildman–Crippen MR) is 44.8 cm³/mol. The van der Waals surface area contributed by atoms with Crippen molar-refractivity contribution in [1.29, 1.82) is 0 Å². The molecule has 0 saturated carbocycles. The SMILES string of the molecule is C#CCC1CCC(C)(C#C)O1. The molecule has 1 rings (SSSR count). The van der Waals surface area contributed by atoms with Gasteiger partial charge in [-0.1, -0.05) is 5.92 Å². The Kier molecular flexibility index (Phi) is 2.22. The monoisotopic (exact) mass is 148 g/mol. The summed E-state index contributed by atoms with van der Waals surface area (Å²) in [6.07, 6.45) is 13.2. The first-order valence-electron chi connectivity index (χ1n) is 3.79. The summed E-state index contributed by atoms with van der Waals surface area (Å²) >= 11 is 0. The van der Waals surface area contributed by atoms with E-state index in [1.165, 1.54) is 0 Å². The first-order chi connectivity index (χ1) is 5.20. The van der Waals surface area contributed by atoms with Crippen molar-refractivity contribution < 1.29 is 4.74 Å². The van der Waals surface area contributed by atoms with Crippen molar-refractivity contribution >= 4 is 0 Å². The molecule has 58 valence electrons. The molecule has 0 amide bonds. The van der Waals surface area contributed by atoms with E-state index in [0.717, 1.165) is 12.8 Å². The summed E-state index contributed by atoms with van der Waals surface area (Å²) in [7, 11) is 0. The van der Waals surface area contributed by atoms with Gasteiger partial charge in [0.2, 0.25) is 0 Å². The quantitative estimate of drug-likeness (QED) is 0.513. The highest BCUT2D eigenvalue weighted by Crippen LogP contribution is 2.30. The molecular weight excluding hydrogens is 136 g/mol. The third kappa shape index (κ3) is 1.76. The van der Waals surface area contributed by atoms with Crippen LogP contribution in [0.5, 0.6) is 0 Å². The van der Waals surface area contributed by atoms with Crippen LogP contribution in [0.15, 0.2) is 0 Å². The van der Waals surface area contributed by atoms with E-state index in [1.807, 2.05) is 6.92 Å². The molecule has 1 nitrogen and oxygen atoms in total. The van der Waals surface area contributed by atoms with Crippen LogP contribution in [0.2, 0.25) is 0 Å². The molecule has 2 unspecified atom stereocenters. The van der Waals surface area contributed by atoms with Crippen molar-refractivity contribution in [2.75, 3.05) is 0 Å². The number of terminal acetylenes is 2. The summed E-state index contributed by atoms with van der Waals surface area (Å²) < 4.78 is 5.56. The zero-order valence-electron chi connectivity index (χ0n) is 6.76. The summed E-state index contributed by atoms with van der Waals surface area (Å²) in [5, 5.41) is 0. The second-order valence-electron chi connectivity index (χ2n) is 3.06. The number of hydrogen-bond donors (Lipinski definition) is 0. The van der Waals surface area contributed by atoms with Crippen molar-refractivity contribution in [3.8, 4) is 24.7 Å². The third-order valence-electron chi connectivity index (χ3n) is 2.02. The van der Waals surface area contributed by atoms with E-state index in [4.69, 9.17) is 17.6 Å². The minimum absolute atomic E-state index is 0.182. The lowest BCUT2D eigenvalue weighted by Gasteiger charge is -2.16. The second kappa shape index (κ2) is 2.99. The highest BCUT2D eigenvalue weighted by atomic mass is 16.5. The van der Waals surface area contributed by atoms with Crippen LogP contribution in [0.25, 0.3) is 0 Å². The highest BCUT2D eigenvalue weighted by molar-refractivity contribution is 5.09. The second-order valence-corrected chi connectivity index (χ2v) is 3.06. The van der Waals surface area contributed by atoms with E-state index in [9.17, 15) is 0 Å². The van der Waals surface area contributed by atoms with E-state index in [2.05, 4.69) is 11.8 Å². The van der Waals surface area contributed by atoms with Gasteiger partial charge in [-0.3, -0.25) is 0 Å². The van der Waals surface area contributed by atoms with Crippen molar-refractivity contribution in [2.45, 2.75) is 37.9 Å². The minimum Gasteiger partial charge on any atom is -0.358 e. The van der Waals surface area contributed by atoms with Crippen molar-refractivity contribution in [3.63, 3.8) is 0 Å². The zero-order chi connectivity index (χ0) is 8.32. The molecule has 11 heavy (non-hydrogen) atoms. The topological polar surface area (TPSA) is 9.23 Å². The molecule has 0 bridgehead atoms. The highest BCUT2D eigenvalue weighted by Gasteiger charge is 2.33. The molecule has 1 aliphatic heterocycles. The molecule has 0 aromatic heterocycles. The molecule has 0 radical (unpaired) electrons. The fourth-order valence-electron chi connectivity index (χ4n) is 1.30. The van der Waals surface area contributed by atoms with E-state index in [0.29, 0.717) is 6.42 Å². The van der Waals surface area contributed by atoms with Gasteiger partial charge in [0.25, 0.3) is 0 Å². The molecule has 0 spiro atoms. The normalized spacial score (nSPS) is 36.1. The average Bonchev–Trinajstić information content (AvgIpc) is 2.35. The first kappa shape index (κ1) is 8.18. The van der Waals surface area contributed by atoms with Crippen LogP contribution in [0, 0.1) is 24.7 Å². The Labute approximate surface area is 68.1 Å². The minimum atomic E-state index is -0.360. The van der Waals surface area contributed by atoms with Crippen LogP contribution in [0.4, 0.5) is 0 Å². The van der Waals surface area contributed by atoms with Gasteiger partial charge in [-0.05, 0) is 19.8 Å². The van der Waals surface area contributed by atoms with Gasteiger partial charge in [0.1, 0.15) is 5.60 Å². The van der Waals surface area contributed by atoms with Crippen molar-refractivity contribution in [3.05, 3.63) is 0 Å². The Balaban J connectivity index is 2.49. The average molecular weight is 148 g/mol. The molecule has 1 fully saturated rings. The summed E-state index contributed by atoms with van der Waals surface area (Å²) in [6, 6.07) is 0. The maximum Gasteiger partial charge on any atom is 0.126 e. The van der Waals surface area contributed by atoms with E-state index >= 15 is 0 Å². The Hall–Kier alpha value is -0.920. The molecule has 0 aliphatic carbocycles. The van der Waals surface area contributed by atoms with E-state index in [1.54, 1.807) is 0 Å². The lowest BCUT2D eigenvalue weighted by Crippen LogP contribution is -2.22. The molecule has 1 heteroatoms. The molecule has 0 N–H and O–H groups in total. The molecule has 1 saturated heterocycles. The van der Waals surface area contributed by atoms with Crippen LogP contribution >= 0.6 is 0 Å². The van der Waals surface area contributed by atoms with Gasteiger partial charge in [-0.25, -0.2) is 0 Å². The van der Waals surface area contributed by atoms with Crippen LogP contribution in [0.1, 0.15) is 26.2 Å². The third-order valence-corrected chi connectivity index (χ3v) is 2.02. The lowest BCUT2D eigenvalue weighted by atomic mass is 10.0. The molecule has 1 aliphatic rings. The molecule has 2 atom stereocenters. The smallest absolute Gasteiger partial charge is 0.126 e. The van der Waals surface area contributed by atoms with Gasteiger partial charge >= 0.3 is 0 Å². The standard InChI is InChI=1S/C10H12O/c1-4-6-9-7-8-10(3,5-2)11-9/h1-2,9H,6-8H2,3H3. The number of hydrogen-bond acceptors (Lipinski definition) is 1. The Morgan fingerprint density at radius 3 is 2.82 bits per heavy atom. The largest absolute Gasteiger partial charge is 0.358 e. The maximum atomic E-state index is 5.56. The summed E-state index contributed by atoms with van der Waals surface area (Å²) in [5.41, 5.74) is -0.360. The molecule has 1 heterocycles. The van der Waals surface area contributed by atoms with Crippen LogP contribution in [-0.2, 0) is 4.74 Å². The molecule has 0 aromatic rings. The van der Waals surface area contributed by atoms with Crippen LogP contribution < -0.4 is 0 Å². The Morgan fingerprint density at radius 1 is 1.64 bits per heavy atom. The van der Waals surface area contributed by atoms with Gasteiger partial charge in [0.05, 0.1) is 6.10 Å². The number of rotatable bonds is 1. The number of ether oxygens (including phenoxy) is 1. The van der Waals surface area contributed by atoms with E-state index < -0.39 is 0 Å². The first-order valence-corrected chi connectivity index (χ1v) is 3.79. The van der Waals surface area contributed by atoms with Gasteiger partial charge in [0, 0.05) is 6.42 Å². The van der Waals surface area contributed by atoms with Crippen LogP contribution in [-0.4, -0.2) is 11.7 Å². The molecule has 0 aromatic carbocycles.